The molecule has 1 atom stereocenters. The van der Waals surface area contributed by atoms with Crippen LogP contribution in [0.25, 0.3) is 0 Å². The van der Waals surface area contributed by atoms with E-state index in [1.807, 2.05) is 6.07 Å². The summed E-state index contributed by atoms with van der Waals surface area (Å²) in [5.74, 6) is 0. The van der Waals surface area contributed by atoms with Crippen LogP contribution in [0.3, 0.4) is 0 Å². The summed E-state index contributed by atoms with van der Waals surface area (Å²) in [6.07, 6.45) is 0. The second-order valence-corrected chi connectivity index (χ2v) is 2.91. The molecule has 62 valence electrons. The van der Waals surface area contributed by atoms with Crippen LogP contribution in [-0.2, 0) is 11.1 Å². The smallest absolute Gasteiger partial charge is 0.768 e. The fourth-order valence-electron chi connectivity index (χ4n) is 0.743. The molecule has 12 heavy (non-hydrogen) atoms. The molecule has 0 aliphatic rings. The van der Waals surface area contributed by atoms with Crippen LogP contribution in [0.2, 0.25) is 0 Å². The maximum absolute atomic E-state index is 10.4. The summed E-state index contributed by atoms with van der Waals surface area (Å²) in [6, 6.07) is 6.87. The third kappa shape index (κ3) is 3.80. The molecule has 0 saturated carbocycles. The van der Waals surface area contributed by atoms with Crippen LogP contribution in [0, 0.1) is 6.92 Å². The fraction of sp³-hybridized carbons (Fsp3) is 0.143. The van der Waals surface area contributed by atoms with Crippen molar-refractivity contribution in [3.63, 3.8) is 0 Å². The number of benzene rings is 1. The summed E-state index contributed by atoms with van der Waals surface area (Å²) >= 11 is -2.09. The van der Waals surface area contributed by atoms with E-state index in [9.17, 15) is 8.76 Å². The molecule has 0 aliphatic heterocycles. The summed E-state index contributed by atoms with van der Waals surface area (Å²) < 4.78 is 20.8. The summed E-state index contributed by atoms with van der Waals surface area (Å²) in [6.45, 7) is 1.77. The number of hydrogen-bond acceptors (Lipinski definition) is 2. The van der Waals surface area contributed by atoms with Gasteiger partial charge in [0.2, 0.25) is 0 Å². The molecule has 0 spiro atoms. The van der Waals surface area contributed by atoms with E-state index in [-0.39, 0.29) is 35.0 Å². The molecule has 0 amide bonds. The van der Waals surface area contributed by atoms with Crippen molar-refractivity contribution in [1.82, 2.24) is 0 Å². The van der Waals surface area contributed by atoms with Gasteiger partial charge in [0.05, 0.1) is 0 Å². The van der Waals surface area contributed by atoms with Gasteiger partial charge in [-0.15, -0.1) is 0 Å². The zero-order valence-corrected chi connectivity index (χ0v) is 9.85. The van der Waals surface area contributed by atoms with Crippen molar-refractivity contribution < 1.29 is 43.8 Å². The molecule has 1 aromatic rings. The standard InChI is InChI=1S/C7H8O2S.Na.H2O/c1-6-4-2-3-5-7(6)10(8)9;;/h2-5H,1H3,(H,8,9);;1H2/q;+1;/p-1. The third-order valence-corrected chi connectivity index (χ3v) is 2.09. The van der Waals surface area contributed by atoms with Gasteiger partial charge in [-0.05, 0) is 29.6 Å². The van der Waals surface area contributed by atoms with Gasteiger partial charge < -0.3 is 10.0 Å². The minimum atomic E-state index is -2.09. The molecule has 0 aliphatic carbocycles. The van der Waals surface area contributed by atoms with Crippen molar-refractivity contribution in [3.05, 3.63) is 29.8 Å². The van der Waals surface area contributed by atoms with E-state index in [1.165, 1.54) is 0 Å². The normalized spacial score (nSPS) is 10.8. The minimum absolute atomic E-state index is 0. The molecule has 1 unspecified atom stereocenters. The molecule has 0 saturated heterocycles. The molecular formula is C7H9NaO3S. The van der Waals surface area contributed by atoms with Crippen molar-refractivity contribution in [3.8, 4) is 0 Å². The van der Waals surface area contributed by atoms with Crippen LogP contribution < -0.4 is 29.6 Å². The average Bonchev–Trinajstić information content (AvgIpc) is 1.88. The summed E-state index contributed by atoms with van der Waals surface area (Å²) in [5, 5.41) is 0. The van der Waals surface area contributed by atoms with Crippen LogP contribution >= 0.6 is 0 Å². The Balaban J connectivity index is 0. The largest absolute Gasteiger partial charge is 1.00 e. The first-order valence-electron chi connectivity index (χ1n) is 2.86. The summed E-state index contributed by atoms with van der Waals surface area (Å²) in [5.41, 5.74) is 0.788. The Kier molecular flexibility index (Phi) is 8.34. The number of hydrogen-bond donors (Lipinski definition) is 0. The molecule has 0 heterocycles. The Hall–Kier alpha value is 0.290. The van der Waals surface area contributed by atoms with Gasteiger partial charge in [0, 0.05) is 4.90 Å². The SMILES string of the molecule is Cc1ccccc1S(=O)[O-].O.[Na+]. The predicted octanol–water partition coefficient (Wildman–Crippen LogP) is -2.59. The molecule has 5 heteroatoms. The van der Waals surface area contributed by atoms with Crippen LogP contribution in [0.15, 0.2) is 29.2 Å². The van der Waals surface area contributed by atoms with E-state index in [0.29, 0.717) is 4.90 Å². The quantitative estimate of drug-likeness (QED) is 0.365. The molecule has 1 aromatic carbocycles. The third-order valence-electron chi connectivity index (χ3n) is 1.27. The second kappa shape index (κ2) is 6.77. The maximum Gasteiger partial charge on any atom is 1.00 e. The molecule has 0 aromatic heterocycles. The molecular weight excluding hydrogens is 187 g/mol. The van der Waals surface area contributed by atoms with Crippen molar-refractivity contribution in [2.75, 3.05) is 0 Å². The molecule has 0 radical (unpaired) electrons. The van der Waals surface area contributed by atoms with Gasteiger partial charge in [-0.3, -0.25) is 4.21 Å². The van der Waals surface area contributed by atoms with Gasteiger partial charge in [-0.1, -0.05) is 18.2 Å². The van der Waals surface area contributed by atoms with E-state index in [0.717, 1.165) is 5.56 Å². The van der Waals surface area contributed by atoms with Crippen LogP contribution in [0.1, 0.15) is 5.56 Å². The molecule has 3 nitrogen and oxygen atoms in total. The summed E-state index contributed by atoms with van der Waals surface area (Å²) in [4.78, 5) is 0.377. The first-order chi connectivity index (χ1) is 4.72. The van der Waals surface area contributed by atoms with Gasteiger partial charge in [0.1, 0.15) is 0 Å². The fourth-order valence-corrected chi connectivity index (χ4v) is 1.26. The Bertz CT molecular complexity index is 265. The predicted molar refractivity (Wildman–Crippen MR) is 42.0 cm³/mol. The Morgan fingerprint density at radius 2 is 1.83 bits per heavy atom. The van der Waals surface area contributed by atoms with Crippen LogP contribution in [0.4, 0.5) is 0 Å². The Morgan fingerprint density at radius 1 is 1.33 bits per heavy atom. The van der Waals surface area contributed by atoms with Crippen molar-refractivity contribution in [1.29, 1.82) is 0 Å². The van der Waals surface area contributed by atoms with E-state index in [1.54, 1.807) is 25.1 Å². The molecule has 1 rings (SSSR count). The van der Waals surface area contributed by atoms with E-state index in [4.69, 9.17) is 0 Å². The van der Waals surface area contributed by atoms with Crippen molar-refractivity contribution in [2.45, 2.75) is 11.8 Å². The Morgan fingerprint density at radius 3 is 2.17 bits per heavy atom. The first-order valence-corrected chi connectivity index (χ1v) is 3.94. The topological polar surface area (TPSA) is 71.6 Å². The van der Waals surface area contributed by atoms with E-state index in [2.05, 4.69) is 0 Å². The van der Waals surface area contributed by atoms with Crippen molar-refractivity contribution >= 4 is 11.1 Å². The minimum Gasteiger partial charge on any atom is -0.768 e. The second-order valence-electron chi connectivity index (χ2n) is 2.00. The van der Waals surface area contributed by atoms with Gasteiger partial charge in [-0.2, -0.15) is 0 Å². The molecule has 0 bridgehead atoms. The number of rotatable bonds is 1. The van der Waals surface area contributed by atoms with Gasteiger partial charge in [0.25, 0.3) is 0 Å². The zero-order chi connectivity index (χ0) is 7.56. The van der Waals surface area contributed by atoms with Crippen LogP contribution in [0.5, 0.6) is 0 Å². The average molecular weight is 196 g/mol. The molecule has 2 N–H and O–H groups in total. The van der Waals surface area contributed by atoms with Crippen molar-refractivity contribution in [2.24, 2.45) is 0 Å². The van der Waals surface area contributed by atoms with Gasteiger partial charge in [0.15, 0.2) is 0 Å². The summed E-state index contributed by atoms with van der Waals surface area (Å²) in [7, 11) is 0. The van der Waals surface area contributed by atoms with Gasteiger partial charge in [-0.25, -0.2) is 0 Å². The zero-order valence-electron chi connectivity index (χ0n) is 7.03. The maximum atomic E-state index is 10.4. The molecule has 0 fully saturated rings. The monoisotopic (exact) mass is 196 g/mol. The Labute approximate surface area is 96.1 Å². The van der Waals surface area contributed by atoms with Crippen LogP contribution in [-0.4, -0.2) is 14.2 Å². The van der Waals surface area contributed by atoms with E-state index >= 15 is 0 Å². The van der Waals surface area contributed by atoms with Gasteiger partial charge >= 0.3 is 29.6 Å². The first kappa shape index (κ1) is 14.8. The van der Waals surface area contributed by atoms with E-state index < -0.39 is 11.1 Å². The number of aryl methyl sites for hydroxylation is 1.